The predicted octanol–water partition coefficient (Wildman–Crippen LogP) is 2.49. The lowest BCUT2D eigenvalue weighted by Gasteiger charge is -2.06. The lowest BCUT2D eigenvalue weighted by atomic mass is 10.0. The van der Waals surface area contributed by atoms with E-state index in [1.165, 1.54) is 11.3 Å². The Hall–Kier alpha value is 0.0200. The summed E-state index contributed by atoms with van der Waals surface area (Å²) in [7, 11) is -3.81. The van der Waals surface area contributed by atoms with Crippen molar-refractivity contribution >= 4 is 38.4 Å². The van der Waals surface area contributed by atoms with Crippen LogP contribution in [-0.2, 0) is 10.1 Å². The van der Waals surface area contributed by atoms with Crippen molar-refractivity contribution in [2.45, 2.75) is 25.7 Å². The summed E-state index contributed by atoms with van der Waals surface area (Å²) in [5.41, 5.74) is 2.75. The van der Waals surface area contributed by atoms with E-state index >= 15 is 0 Å². The molecule has 1 N–H and O–H groups in total. The fourth-order valence-electron chi connectivity index (χ4n) is 1.19. The summed E-state index contributed by atoms with van der Waals surface area (Å²) in [6.45, 7) is 2.00. The molecule has 0 aliphatic rings. The predicted molar refractivity (Wildman–Crippen MR) is 66.5 cm³/mol. The van der Waals surface area contributed by atoms with E-state index in [-0.39, 0.29) is 28.7 Å². The van der Waals surface area contributed by atoms with E-state index < -0.39 is 10.1 Å². The maximum absolute atomic E-state index is 10.4. The Balaban J connectivity index is 0.00000196. The molecule has 1 aromatic rings. The summed E-state index contributed by atoms with van der Waals surface area (Å²) in [6, 6.07) is 0. The van der Waals surface area contributed by atoms with Gasteiger partial charge in [-0.05, 0) is 18.8 Å². The van der Waals surface area contributed by atoms with E-state index in [1.807, 2.05) is 12.3 Å². The molecule has 88 valence electrons. The number of hydrogen-bond acceptors (Lipinski definition) is 4. The van der Waals surface area contributed by atoms with Crippen LogP contribution in [0.15, 0.2) is 10.9 Å². The first-order chi connectivity index (χ1) is 6.49. The average molecular weight is 316 g/mol. The molecule has 1 aromatic heterocycles. The number of nitrogens with zero attached hydrogens (tertiary/aromatic N) is 1. The number of rotatable bonds is 5. The van der Waals surface area contributed by atoms with Crippen LogP contribution in [-0.4, -0.2) is 23.7 Å². The van der Waals surface area contributed by atoms with Crippen molar-refractivity contribution in [3.63, 3.8) is 0 Å². The highest BCUT2D eigenvalue weighted by Gasteiger charge is 2.10. The molecule has 0 aliphatic heterocycles. The van der Waals surface area contributed by atoms with E-state index in [0.717, 1.165) is 12.1 Å². The molecule has 0 saturated carbocycles. The van der Waals surface area contributed by atoms with Gasteiger partial charge in [-0.15, -0.1) is 28.3 Å². The second kappa shape index (κ2) is 6.57. The van der Waals surface area contributed by atoms with Gasteiger partial charge >= 0.3 is 0 Å². The zero-order valence-electron chi connectivity index (χ0n) is 8.29. The summed E-state index contributed by atoms with van der Waals surface area (Å²) in [6.07, 6.45) is 1.20. The van der Waals surface area contributed by atoms with Crippen LogP contribution in [0.25, 0.3) is 0 Å². The molecule has 0 saturated heterocycles. The Morgan fingerprint density at radius 1 is 1.60 bits per heavy atom. The van der Waals surface area contributed by atoms with Crippen LogP contribution in [0.3, 0.4) is 0 Å². The molecule has 0 fully saturated rings. The van der Waals surface area contributed by atoms with Crippen molar-refractivity contribution in [2.75, 3.05) is 5.75 Å². The number of halogens is 1. The smallest absolute Gasteiger partial charge is 0.264 e. The molecule has 4 nitrogen and oxygen atoms in total. The second-order valence-corrected chi connectivity index (χ2v) is 5.53. The first-order valence-electron chi connectivity index (χ1n) is 4.32. The Kier molecular flexibility index (Phi) is 6.58. The number of hydrogen-bond donors (Lipinski definition) is 1. The van der Waals surface area contributed by atoms with Crippen molar-refractivity contribution in [2.24, 2.45) is 0 Å². The number of aromatic nitrogens is 1. The van der Waals surface area contributed by atoms with Crippen LogP contribution in [0.1, 0.15) is 31.4 Å². The SMILES string of the molecule is Br.CC(CCCS(=O)(=O)O)c1cscn1. The zero-order valence-corrected chi connectivity index (χ0v) is 11.6. The highest BCUT2D eigenvalue weighted by molar-refractivity contribution is 8.93. The number of thiazole rings is 1. The Bertz CT molecular complexity index is 363. The minimum absolute atomic E-state index is 0. The quantitative estimate of drug-likeness (QED) is 0.848. The van der Waals surface area contributed by atoms with Crippen molar-refractivity contribution in [3.05, 3.63) is 16.6 Å². The first kappa shape index (κ1) is 15.0. The third kappa shape index (κ3) is 6.24. The van der Waals surface area contributed by atoms with Crippen LogP contribution in [0, 0.1) is 0 Å². The van der Waals surface area contributed by atoms with Gasteiger partial charge in [0, 0.05) is 5.38 Å². The van der Waals surface area contributed by atoms with Gasteiger partial charge in [-0.3, -0.25) is 4.55 Å². The topological polar surface area (TPSA) is 67.3 Å². The van der Waals surface area contributed by atoms with E-state index in [9.17, 15) is 8.42 Å². The summed E-state index contributed by atoms with van der Waals surface area (Å²) < 4.78 is 29.4. The molecular formula is C8H14BrNO3S2. The van der Waals surface area contributed by atoms with E-state index in [0.29, 0.717) is 6.42 Å². The van der Waals surface area contributed by atoms with Crippen LogP contribution in [0.5, 0.6) is 0 Å². The van der Waals surface area contributed by atoms with Crippen molar-refractivity contribution in [1.82, 2.24) is 4.98 Å². The van der Waals surface area contributed by atoms with Gasteiger partial charge in [-0.2, -0.15) is 8.42 Å². The molecule has 15 heavy (non-hydrogen) atoms. The van der Waals surface area contributed by atoms with Gasteiger partial charge in [0.1, 0.15) is 0 Å². The van der Waals surface area contributed by atoms with Gasteiger partial charge in [0.15, 0.2) is 0 Å². The minimum Gasteiger partial charge on any atom is -0.286 e. The van der Waals surface area contributed by atoms with Crippen LogP contribution >= 0.6 is 28.3 Å². The van der Waals surface area contributed by atoms with Gasteiger partial charge in [-0.25, -0.2) is 4.98 Å². The molecule has 0 amide bonds. The Morgan fingerprint density at radius 2 is 2.27 bits per heavy atom. The average Bonchev–Trinajstić information content (AvgIpc) is 2.53. The maximum atomic E-state index is 10.4. The van der Waals surface area contributed by atoms with E-state index in [2.05, 4.69) is 4.98 Å². The standard InChI is InChI=1S/C8H13NO3S2.BrH/c1-7(8-5-13-6-9-8)3-2-4-14(10,11)12;/h5-7H,2-4H2,1H3,(H,10,11,12);1H. The van der Waals surface area contributed by atoms with Crippen molar-refractivity contribution in [3.8, 4) is 0 Å². The van der Waals surface area contributed by atoms with Crippen LogP contribution in [0.4, 0.5) is 0 Å². The molecule has 1 atom stereocenters. The third-order valence-electron chi connectivity index (χ3n) is 2.00. The molecule has 0 aromatic carbocycles. The van der Waals surface area contributed by atoms with Crippen molar-refractivity contribution in [1.29, 1.82) is 0 Å². The molecule has 0 aliphatic carbocycles. The Labute approximate surface area is 104 Å². The van der Waals surface area contributed by atoms with E-state index in [4.69, 9.17) is 4.55 Å². The summed E-state index contributed by atoms with van der Waals surface area (Å²) in [5.74, 6) is 0.0876. The monoisotopic (exact) mass is 315 g/mol. The molecule has 1 heterocycles. The minimum atomic E-state index is -3.81. The molecule has 0 spiro atoms. The van der Waals surface area contributed by atoms with Crippen LogP contribution in [0.2, 0.25) is 0 Å². The Morgan fingerprint density at radius 3 is 2.73 bits per heavy atom. The van der Waals surface area contributed by atoms with Gasteiger partial charge < -0.3 is 0 Å². The molecule has 1 rings (SSSR count). The van der Waals surface area contributed by atoms with Gasteiger partial charge in [-0.1, -0.05) is 6.92 Å². The first-order valence-corrected chi connectivity index (χ1v) is 6.87. The molecule has 1 unspecified atom stereocenters. The molecule has 7 heteroatoms. The fourth-order valence-corrected chi connectivity index (χ4v) is 2.39. The molecule has 0 bridgehead atoms. The van der Waals surface area contributed by atoms with Gasteiger partial charge in [0.25, 0.3) is 10.1 Å². The summed E-state index contributed by atoms with van der Waals surface area (Å²) in [4.78, 5) is 4.14. The largest absolute Gasteiger partial charge is 0.286 e. The van der Waals surface area contributed by atoms with E-state index in [1.54, 1.807) is 5.51 Å². The molecule has 0 radical (unpaired) electrons. The van der Waals surface area contributed by atoms with Crippen molar-refractivity contribution < 1.29 is 13.0 Å². The highest BCUT2D eigenvalue weighted by Crippen LogP contribution is 2.20. The third-order valence-corrected chi connectivity index (χ3v) is 3.41. The molecular weight excluding hydrogens is 302 g/mol. The second-order valence-electron chi connectivity index (χ2n) is 3.24. The summed E-state index contributed by atoms with van der Waals surface area (Å²) in [5, 5.41) is 1.96. The maximum Gasteiger partial charge on any atom is 0.264 e. The van der Waals surface area contributed by atoms with Gasteiger partial charge in [0.05, 0.1) is 17.0 Å². The normalized spacial score (nSPS) is 13.2. The highest BCUT2D eigenvalue weighted by atomic mass is 79.9. The lowest BCUT2D eigenvalue weighted by molar-refractivity contribution is 0.478. The summed E-state index contributed by atoms with van der Waals surface area (Å²) >= 11 is 1.53. The van der Waals surface area contributed by atoms with Crippen LogP contribution < -0.4 is 0 Å². The fraction of sp³-hybridized carbons (Fsp3) is 0.625. The van der Waals surface area contributed by atoms with Gasteiger partial charge in [0.2, 0.25) is 0 Å². The lowest BCUT2D eigenvalue weighted by Crippen LogP contribution is -2.05. The zero-order chi connectivity index (χ0) is 10.6.